The molecule has 0 saturated heterocycles. The van der Waals surface area contributed by atoms with Crippen LogP contribution in [0.15, 0.2) is 0 Å². The van der Waals surface area contributed by atoms with Crippen LogP contribution < -0.4 is 5.32 Å². The standard InChI is InChI=1S/C8H10F3N3O2S/c1-2-6-13-14-7(17-6)12-5(15)3-16-4-8(9,10)11/h2-4H2,1H3,(H,12,14,15). The number of carbonyl (C=O) groups is 1. The van der Waals surface area contributed by atoms with E-state index >= 15 is 0 Å². The average molecular weight is 269 g/mol. The highest BCUT2D eigenvalue weighted by Crippen LogP contribution is 2.16. The molecule has 0 spiro atoms. The molecule has 5 nitrogen and oxygen atoms in total. The van der Waals surface area contributed by atoms with Crippen molar-refractivity contribution in [3.05, 3.63) is 5.01 Å². The largest absolute Gasteiger partial charge is 0.411 e. The van der Waals surface area contributed by atoms with Gasteiger partial charge in [0.05, 0.1) is 0 Å². The third-order valence-electron chi connectivity index (χ3n) is 1.51. The molecule has 0 unspecified atom stereocenters. The number of aromatic nitrogens is 2. The number of halogens is 3. The lowest BCUT2D eigenvalue weighted by molar-refractivity contribution is -0.174. The molecule has 0 saturated carbocycles. The molecular formula is C8H10F3N3O2S. The zero-order valence-corrected chi connectivity index (χ0v) is 9.69. The molecule has 0 fully saturated rings. The van der Waals surface area contributed by atoms with Crippen LogP contribution in [0, 0.1) is 0 Å². The minimum atomic E-state index is -4.43. The normalized spacial score (nSPS) is 11.5. The first-order valence-electron chi connectivity index (χ1n) is 4.67. The van der Waals surface area contributed by atoms with Crippen LogP contribution >= 0.6 is 11.3 Å². The van der Waals surface area contributed by atoms with Crippen LogP contribution in [0.5, 0.6) is 0 Å². The highest BCUT2D eigenvalue weighted by Gasteiger charge is 2.27. The summed E-state index contributed by atoms with van der Waals surface area (Å²) in [7, 11) is 0. The molecule has 0 aliphatic heterocycles. The van der Waals surface area contributed by atoms with E-state index in [0.717, 1.165) is 5.01 Å². The van der Waals surface area contributed by atoms with Crippen molar-refractivity contribution in [2.45, 2.75) is 19.5 Å². The Kier molecular flexibility index (Phi) is 4.82. The number of hydrogen-bond acceptors (Lipinski definition) is 5. The molecule has 0 aliphatic rings. The van der Waals surface area contributed by atoms with E-state index in [-0.39, 0.29) is 5.13 Å². The van der Waals surface area contributed by atoms with Crippen LogP contribution in [0.2, 0.25) is 0 Å². The Morgan fingerprint density at radius 3 is 2.71 bits per heavy atom. The fourth-order valence-corrected chi connectivity index (χ4v) is 1.56. The summed E-state index contributed by atoms with van der Waals surface area (Å²) in [6.45, 7) is -0.240. The molecule has 0 aromatic carbocycles. The van der Waals surface area contributed by atoms with Gasteiger partial charge in [-0.25, -0.2) is 0 Å². The van der Waals surface area contributed by atoms with E-state index in [1.165, 1.54) is 11.3 Å². The quantitative estimate of drug-likeness (QED) is 0.882. The van der Waals surface area contributed by atoms with Gasteiger partial charge < -0.3 is 4.74 Å². The van der Waals surface area contributed by atoms with Gasteiger partial charge in [-0.15, -0.1) is 10.2 Å². The summed E-state index contributed by atoms with van der Waals surface area (Å²) in [4.78, 5) is 11.1. The van der Waals surface area contributed by atoms with Gasteiger partial charge in [0, 0.05) is 0 Å². The number of rotatable bonds is 5. The molecule has 0 bridgehead atoms. The minimum Gasteiger partial charge on any atom is -0.362 e. The van der Waals surface area contributed by atoms with Gasteiger partial charge in [0.25, 0.3) is 5.91 Å². The van der Waals surface area contributed by atoms with E-state index < -0.39 is 25.3 Å². The topological polar surface area (TPSA) is 64.1 Å². The number of amides is 1. The first-order valence-corrected chi connectivity index (χ1v) is 5.49. The summed E-state index contributed by atoms with van der Waals surface area (Å²) in [5.74, 6) is -0.687. The number of nitrogens with one attached hydrogen (secondary N) is 1. The molecule has 17 heavy (non-hydrogen) atoms. The molecule has 0 atom stereocenters. The van der Waals surface area contributed by atoms with Gasteiger partial charge >= 0.3 is 6.18 Å². The molecule has 1 amide bonds. The zero-order chi connectivity index (χ0) is 12.9. The van der Waals surface area contributed by atoms with Crippen LogP contribution in [-0.4, -0.2) is 35.5 Å². The first kappa shape index (κ1) is 13.8. The Hall–Kier alpha value is -1.22. The molecule has 0 aliphatic carbocycles. The Morgan fingerprint density at radius 1 is 1.47 bits per heavy atom. The van der Waals surface area contributed by atoms with Gasteiger partial charge in [0.15, 0.2) is 0 Å². The number of alkyl halides is 3. The average Bonchev–Trinajstić information content (AvgIpc) is 2.63. The lowest BCUT2D eigenvalue weighted by Gasteiger charge is -2.06. The highest BCUT2D eigenvalue weighted by molar-refractivity contribution is 7.15. The molecule has 1 heterocycles. The second-order valence-corrected chi connectivity index (χ2v) is 4.07. The second kappa shape index (κ2) is 5.92. The number of hydrogen-bond donors (Lipinski definition) is 1. The summed E-state index contributed by atoms with van der Waals surface area (Å²) in [5, 5.41) is 10.7. The number of aryl methyl sites for hydroxylation is 1. The van der Waals surface area contributed by atoms with Crippen molar-refractivity contribution in [2.75, 3.05) is 18.5 Å². The second-order valence-electron chi connectivity index (χ2n) is 3.01. The Bertz CT molecular complexity index is 380. The summed E-state index contributed by atoms with van der Waals surface area (Å²) < 4.78 is 39.3. The fraction of sp³-hybridized carbons (Fsp3) is 0.625. The summed E-state index contributed by atoms with van der Waals surface area (Å²) >= 11 is 1.17. The maximum Gasteiger partial charge on any atom is 0.411 e. The van der Waals surface area contributed by atoms with E-state index in [9.17, 15) is 18.0 Å². The smallest absolute Gasteiger partial charge is 0.362 e. The molecule has 1 aromatic heterocycles. The van der Waals surface area contributed by atoms with E-state index in [2.05, 4.69) is 20.3 Å². The van der Waals surface area contributed by atoms with Gasteiger partial charge in [-0.3, -0.25) is 10.1 Å². The summed E-state index contributed by atoms with van der Waals surface area (Å²) in [5.41, 5.74) is 0. The van der Waals surface area contributed by atoms with Crippen molar-refractivity contribution in [1.29, 1.82) is 0 Å². The van der Waals surface area contributed by atoms with Gasteiger partial charge in [0.1, 0.15) is 18.2 Å². The summed E-state index contributed by atoms with van der Waals surface area (Å²) in [6, 6.07) is 0. The predicted molar refractivity (Wildman–Crippen MR) is 54.8 cm³/mol. The molecule has 0 radical (unpaired) electrons. The van der Waals surface area contributed by atoms with Gasteiger partial charge in [0.2, 0.25) is 5.13 Å². The molecule has 1 rings (SSSR count). The van der Waals surface area contributed by atoms with Crippen LogP contribution in [0.25, 0.3) is 0 Å². The van der Waals surface area contributed by atoms with Crippen molar-refractivity contribution in [2.24, 2.45) is 0 Å². The first-order chi connectivity index (χ1) is 7.90. The SMILES string of the molecule is CCc1nnc(NC(=O)COCC(F)(F)F)s1. The molecule has 9 heteroatoms. The van der Waals surface area contributed by atoms with Crippen LogP contribution in [0.3, 0.4) is 0 Å². The van der Waals surface area contributed by atoms with Crippen LogP contribution in [-0.2, 0) is 16.0 Å². The lowest BCUT2D eigenvalue weighted by Crippen LogP contribution is -2.23. The molecule has 1 aromatic rings. The third-order valence-corrected chi connectivity index (χ3v) is 2.50. The van der Waals surface area contributed by atoms with Gasteiger partial charge in [-0.2, -0.15) is 13.2 Å². The van der Waals surface area contributed by atoms with E-state index in [1.807, 2.05) is 6.92 Å². The number of carbonyl (C=O) groups excluding carboxylic acids is 1. The molecule has 1 N–H and O–H groups in total. The minimum absolute atomic E-state index is 0.252. The predicted octanol–water partition coefficient (Wildman–Crippen LogP) is 1.62. The summed E-state index contributed by atoms with van der Waals surface area (Å²) in [6.07, 6.45) is -3.75. The zero-order valence-electron chi connectivity index (χ0n) is 8.87. The van der Waals surface area contributed by atoms with E-state index in [0.29, 0.717) is 6.42 Å². The van der Waals surface area contributed by atoms with Crippen LogP contribution in [0.4, 0.5) is 18.3 Å². The van der Waals surface area contributed by atoms with E-state index in [4.69, 9.17) is 0 Å². The molecule has 96 valence electrons. The Labute approximate surface area is 99.0 Å². The highest BCUT2D eigenvalue weighted by atomic mass is 32.1. The van der Waals surface area contributed by atoms with E-state index in [1.54, 1.807) is 0 Å². The fourth-order valence-electron chi connectivity index (χ4n) is 0.862. The maximum absolute atomic E-state index is 11.7. The van der Waals surface area contributed by atoms with Crippen molar-refractivity contribution in [1.82, 2.24) is 10.2 Å². The lowest BCUT2D eigenvalue weighted by atomic mass is 10.5. The molecular weight excluding hydrogens is 259 g/mol. The Morgan fingerprint density at radius 2 is 2.18 bits per heavy atom. The van der Waals surface area contributed by atoms with Crippen molar-refractivity contribution in [3.63, 3.8) is 0 Å². The number of nitrogens with zero attached hydrogens (tertiary/aromatic N) is 2. The van der Waals surface area contributed by atoms with Crippen LogP contribution in [0.1, 0.15) is 11.9 Å². The van der Waals surface area contributed by atoms with Crippen molar-refractivity contribution < 1.29 is 22.7 Å². The van der Waals surface area contributed by atoms with Gasteiger partial charge in [-0.1, -0.05) is 18.3 Å². The third kappa shape index (κ3) is 5.59. The maximum atomic E-state index is 11.7. The Balaban J connectivity index is 2.30. The van der Waals surface area contributed by atoms with Gasteiger partial charge in [-0.05, 0) is 6.42 Å². The van der Waals surface area contributed by atoms with Crippen molar-refractivity contribution in [3.8, 4) is 0 Å². The monoisotopic (exact) mass is 269 g/mol. The number of anilines is 1. The number of ether oxygens (including phenoxy) is 1. The van der Waals surface area contributed by atoms with Crippen molar-refractivity contribution >= 4 is 22.4 Å².